The number of rotatable bonds is 6. The maximum atomic E-state index is 14.1. The SMILES string of the molecule is Cc1cc(/C=N/NC(=O)COc2ccc(Cl)cc2Cl)c(C)n1-c1ccccc1F. The van der Waals surface area contributed by atoms with Crippen molar-refractivity contribution in [3.05, 3.63) is 81.3 Å². The average Bonchev–Trinajstić information content (AvgIpc) is 2.95. The monoisotopic (exact) mass is 433 g/mol. The van der Waals surface area contributed by atoms with Gasteiger partial charge in [-0.05, 0) is 50.2 Å². The highest BCUT2D eigenvalue weighted by Crippen LogP contribution is 2.27. The molecule has 3 aromatic rings. The van der Waals surface area contributed by atoms with Gasteiger partial charge >= 0.3 is 0 Å². The second-order valence-corrected chi connectivity index (χ2v) is 7.11. The predicted octanol–water partition coefficient (Wildman–Crippen LogP) is 5.07. The number of aryl methyl sites for hydroxylation is 1. The van der Waals surface area contributed by atoms with Crippen LogP contribution < -0.4 is 10.2 Å². The van der Waals surface area contributed by atoms with Gasteiger partial charge in [0.25, 0.3) is 5.91 Å². The van der Waals surface area contributed by atoms with Gasteiger partial charge in [0.15, 0.2) is 6.61 Å². The summed E-state index contributed by atoms with van der Waals surface area (Å²) < 4.78 is 21.3. The maximum absolute atomic E-state index is 14.1. The van der Waals surface area contributed by atoms with Crippen LogP contribution in [0.15, 0.2) is 53.6 Å². The molecule has 0 bridgehead atoms. The molecule has 0 aliphatic rings. The lowest BCUT2D eigenvalue weighted by Gasteiger charge is -2.10. The molecule has 0 unspecified atom stereocenters. The van der Waals surface area contributed by atoms with E-state index in [1.54, 1.807) is 34.9 Å². The topological polar surface area (TPSA) is 55.6 Å². The standard InChI is InChI=1S/C21H18Cl2FN3O2/c1-13-9-15(14(2)27(13)19-6-4-3-5-18(19)24)11-25-26-21(28)12-29-20-8-7-16(22)10-17(20)23/h3-11H,12H2,1-2H3,(H,26,28)/b25-11+. The van der Waals surface area contributed by atoms with Gasteiger partial charge in [-0.3, -0.25) is 4.79 Å². The van der Waals surface area contributed by atoms with Crippen LogP contribution in [0.5, 0.6) is 5.75 Å². The first-order chi connectivity index (χ1) is 13.9. The van der Waals surface area contributed by atoms with Gasteiger partial charge in [-0.1, -0.05) is 35.3 Å². The molecule has 0 aliphatic carbocycles. The fraction of sp³-hybridized carbons (Fsp3) is 0.143. The number of para-hydroxylation sites is 1. The smallest absolute Gasteiger partial charge is 0.277 e. The lowest BCUT2D eigenvalue weighted by Crippen LogP contribution is -2.24. The summed E-state index contributed by atoms with van der Waals surface area (Å²) in [5, 5.41) is 4.75. The number of carbonyl (C=O) groups is 1. The van der Waals surface area contributed by atoms with Crippen LogP contribution in [-0.2, 0) is 4.79 Å². The molecule has 0 saturated carbocycles. The minimum atomic E-state index is -0.449. The largest absolute Gasteiger partial charge is 0.482 e. The van der Waals surface area contributed by atoms with E-state index in [9.17, 15) is 9.18 Å². The molecule has 150 valence electrons. The highest BCUT2D eigenvalue weighted by atomic mass is 35.5. The number of amides is 1. The van der Waals surface area contributed by atoms with E-state index in [0.29, 0.717) is 21.5 Å². The number of nitrogens with zero attached hydrogens (tertiary/aromatic N) is 2. The van der Waals surface area contributed by atoms with E-state index in [0.717, 1.165) is 17.0 Å². The lowest BCUT2D eigenvalue weighted by atomic mass is 10.2. The molecule has 3 rings (SSSR count). The second kappa shape index (κ2) is 9.11. The summed E-state index contributed by atoms with van der Waals surface area (Å²) in [5.41, 5.74) is 5.26. The number of benzene rings is 2. The summed E-state index contributed by atoms with van der Waals surface area (Å²) in [7, 11) is 0. The van der Waals surface area contributed by atoms with Gasteiger partial charge in [-0.15, -0.1) is 0 Å². The van der Waals surface area contributed by atoms with Crippen molar-refractivity contribution in [3.8, 4) is 11.4 Å². The molecule has 1 heterocycles. The summed E-state index contributed by atoms with van der Waals surface area (Å²) in [6.07, 6.45) is 1.51. The molecule has 2 aromatic carbocycles. The van der Waals surface area contributed by atoms with E-state index in [2.05, 4.69) is 10.5 Å². The van der Waals surface area contributed by atoms with Crippen molar-refractivity contribution in [1.82, 2.24) is 9.99 Å². The first-order valence-corrected chi connectivity index (χ1v) is 9.46. The molecule has 0 atom stereocenters. The maximum Gasteiger partial charge on any atom is 0.277 e. The Labute approximate surface area is 177 Å². The van der Waals surface area contributed by atoms with Crippen molar-refractivity contribution in [3.63, 3.8) is 0 Å². The quantitative estimate of drug-likeness (QED) is 0.435. The normalized spacial score (nSPS) is 11.1. The molecule has 5 nitrogen and oxygen atoms in total. The summed E-state index contributed by atoms with van der Waals surface area (Å²) in [6.45, 7) is 3.47. The summed E-state index contributed by atoms with van der Waals surface area (Å²) in [5.74, 6) is -0.414. The molecule has 8 heteroatoms. The molecular formula is C21H18Cl2FN3O2. The first kappa shape index (κ1) is 20.9. The molecule has 29 heavy (non-hydrogen) atoms. The minimum Gasteiger partial charge on any atom is -0.482 e. The Hall–Kier alpha value is -2.83. The third kappa shape index (κ3) is 4.96. The van der Waals surface area contributed by atoms with Crippen LogP contribution in [0, 0.1) is 19.7 Å². The van der Waals surface area contributed by atoms with Crippen molar-refractivity contribution in [1.29, 1.82) is 0 Å². The van der Waals surface area contributed by atoms with Gasteiger partial charge in [-0.2, -0.15) is 5.10 Å². The zero-order valence-corrected chi connectivity index (χ0v) is 17.3. The van der Waals surface area contributed by atoms with E-state index in [1.165, 1.54) is 18.3 Å². The molecule has 1 amide bonds. The van der Waals surface area contributed by atoms with Crippen molar-refractivity contribution in [2.75, 3.05) is 6.61 Å². The molecule has 1 N–H and O–H groups in total. The third-order valence-corrected chi connectivity index (χ3v) is 4.74. The van der Waals surface area contributed by atoms with Crippen molar-refractivity contribution in [2.24, 2.45) is 5.10 Å². The van der Waals surface area contributed by atoms with Gasteiger partial charge in [0.05, 0.1) is 16.9 Å². The van der Waals surface area contributed by atoms with Crippen LogP contribution in [0.4, 0.5) is 4.39 Å². The van der Waals surface area contributed by atoms with Gasteiger partial charge < -0.3 is 9.30 Å². The second-order valence-electron chi connectivity index (χ2n) is 6.27. The van der Waals surface area contributed by atoms with Crippen molar-refractivity contribution < 1.29 is 13.9 Å². The Bertz CT molecular complexity index is 1080. The van der Waals surface area contributed by atoms with Gasteiger partial charge in [0.2, 0.25) is 0 Å². The van der Waals surface area contributed by atoms with E-state index in [4.69, 9.17) is 27.9 Å². The fourth-order valence-electron chi connectivity index (χ4n) is 2.86. The van der Waals surface area contributed by atoms with Crippen LogP contribution in [-0.4, -0.2) is 23.3 Å². The zero-order chi connectivity index (χ0) is 21.0. The van der Waals surface area contributed by atoms with Gasteiger partial charge in [-0.25, -0.2) is 9.82 Å². The number of ether oxygens (including phenoxy) is 1. The van der Waals surface area contributed by atoms with E-state index < -0.39 is 5.91 Å². The highest BCUT2D eigenvalue weighted by molar-refractivity contribution is 6.35. The lowest BCUT2D eigenvalue weighted by molar-refractivity contribution is -0.123. The number of hydrogen-bond acceptors (Lipinski definition) is 3. The molecule has 1 aromatic heterocycles. The van der Waals surface area contributed by atoms with Crippen molar-refractivity contribution in [2.45, 2.75) is 13.8 Å². The molecule has 0 fully saturated rings. The Morgan fingerprint density at radius 2 is 1.97 bits per heavy atom. The number of nitrogens with one attached hydrogen (secondary N) is 1. The Morgan fingerprint density at radius 1 is 1.21 bits per heavy atom. The summed E-state index contributed by atoms with van der Waals surface area (Å²) in [4.78, 5) is 11.9. The molecular weight excluding hydrogens is 416 g/mol. The Morgan fingerprint density at radius 3 is 2.69 bits per heavy atom. The van der Waals surface area contributed by atoms with Gasteiger partial charge in [0, 0.05) is 22.0 Å². The first-order valence-electron chi connectivity index (χ1n) is 8.70. The molecule has 0 spiro atoms. The third-order valence-electron chi connectivity index (χ3n) is 4.21. The van der Waals surface area contributed by atoms with Crippen LogP contribution in [0.3, 0.4) is 0 Å². The molecule has 0 aliphatic heterocycles. The fourth-order valence-corrected chi connectivity index (χ4v) is 3.33. The Balaban J connectivity index is 1.64. The van der Waals surface area contributed by atoms with Gasteiger partial charge in [0.1, 0.15) is 11.6 Å². The minimum absolute atomic E-state index is 0.257. The number of aromatic nitrogens is 1. The van der Waals surface area contributed by atoms with Crippen LogP contribution in [0.25, 0.3) is 5.69 Å². The van der Waals surface area contributed by atoms with Crippen LogP contribution in [0.1, 0.15) is 17.0 Å². The molecule has 0 radical (unpaired) electrons. The van der Waals surface area contributed by atoms with Crippen molar-refractivity contribution >= 4 is 35.3 Å². The summed E-state index contributed by atoms with van der Waals surface area (Å²) >= 11 is 11.8. The highest BCUT2D eigenvalue weighted by Gasteiger charge is 2.12. The zero-order valence-electron chi connectivity index (χ0n) is 15.7. The average molecular weight is 434 g/mol. The number of halogens is 3. The van der Waals surface area contributed by atoms with E-state index >= 15 is 0 Å². The van der Waals surface area contributed by atoms with E-state index in [-0.39, 0.29) is 12.4 Å². The molecule has 0 saturated heterocycles. The summed E-state index contributed by atoms with van der Waals surface area (Å²) in [6, 6.07) is 13.1. The predicted molar refractivity (Wildman–Crippen MR) is 113 cm³/mol. The Kier molecular flexibility index (Phi) is 6.56. The van der Waals surface area contributed by atoms with Crippen LogP contribution >= 0.6 is 23.2 Å². The number of hydrogen-bond donors (Lipinski definition) is 1. The number of hydrazone groups is 1. The van der Waals surface area contributed by atoms with Crippen LogP contribution in [0.2, 0.25) is 10.0 Å². The van der Waals surface area contributed by atoms with E-state index in [1.807, 2.05) is 19.9 Å². The number of carbonyl (C=O) groups excluding carboxylic acids is 1.